The van der Waals surface area contributed by atoms with Crippen molar-refractivity contribution in [1.29, 1.82) is 0 Å². The Morgan fingerprint density at radius 2 is 1.61 bits per heavy atom. The van der Waals surface area contributed by atoms with E-state index in [4.69, 9.17) is 18.9 Å². The molecule has 11 atom stereocenters. The largest absolute Gasteiger partial charge is 0.456 e. The zero-order valence-corrected chi connectivity index (χ0v) is 34.2. The van der Waals surface area contributed by atoms with Crippen LogP contribution in [0.3, 0.4) is 0 Å². The van der Waals surface area contributed by atoms with Gasteiger partial charge >= 0.3 is 17.9 Å². The predicted octanol–water partition coefficient (Wildman–Crippen LogP) is 3.10. The second-order valence-electron chi connectivity index (χ2n) is 18.7. The highest BCUT2D eigenvalue weighted by atomic mass is 16.6. The first-order chi connectivity index (χ1) is 26.5. The van der Waals surface area contributed by atoms with E-state index >= 15 is 0 Å². The van der Waals surface area contributed by atoms with Gasteiger partial charge in [0.05, 0.1) is 35.6 Å². The molecule has 1 aromatic carbocycles. The van der Waals surface area contributed by atoms with Crippen LogP contribution >= 0.6 is 0 Å². The van der Waals surface area contributed by atoms with Gasteiger partial charge in [0, 0.05) is 31.1 Å². The van der Waals surface area contributed by atoms with E-state index in [0.717, 1.165) is 19.3 Å². The van der Waals surface area contributed by atoms with E-state index < -0.39 is 106 Å². The third kappa shape index (κ3) is 7.02. The molecule has 5 N–H and O–H groups in total. The first kappa shape index (κ1) is 42.9. The summed E-state index contributed by atoms with van der Waals surface area (Å²) in [6.07, 6.45) is -5.86. The molecule has 314 valence electrons. The van der Waals surface area contributed by atoms with Crippen molar-refractivity contribution in [3.05, 3.63) is 47.0 Å². The lowest BCUT2D eigenvalue weighted by Crippen LogP contribution is -2.81. The molecule has 1 aliphatic heterocycles. The van der Waals surface area contributed by atoms with Crippen LogP contribution < -0.4 is 5.32 Å². The molecule has 6 rings (SSSR count). The molecular weight excluding hydrogens is 738 g/mol. The van der Waals surface area contributed by atoms with Crippen LogP contribution in [-0.2, 0) is 38.1 Å². The molecule has 57 heavy (non-hydrogen) atoms. The quantitative estimate of drug-likeness (QED) is 0.146. The minimum absolute atomic E-state index is 0.0207. The predicted molar refractivity (Wildman–Crippen MR) is 203 cm³/mol. The van der Waals surface area contributed by atoms with E-state index in [1.54, 1.807) is 59.7 Å². The van der Waals surface area contributed by atoms with Crippen LogP contribution in [0.4, 0.5) is 0 Å². The topological polar surface area (TPSA) is 215 Å². The summed E-state index contributed by atoms with van der Waals surface area (Å²) < 4.78 is 24.2. The van der Waals surface area contributed by atoms with Gasteiger partial charge in [0.1, 0.15) is 30.0 Å². The van der Waals surface area contributed by atoms with Crippen LogP contribution in [-0.4, -0.2) is 110 Å². The summed E-state index contributed by atoms with van der Waals surface area (Å²) in [5.74, 6) is -5.66. The van der Waals surface area contributed by atoms with Crippen molar-refractivity contribution in [3.8, 4) is 0 Å². The highest BCUT2D eigenvalue weighted by Crippen LogP contribution is 2.64. The lowest BCUT2D eigenvalue weighted by Gasteiger charge is -2.67. The zero-order valence-electron chi connectivity index (χ0n) is 34.2. The molecular formula is C43H59NO13. The van der Waals surface area contributed by atoms with E-state index in [9.17, 15) is 44.4 Å². The van der Waals surface area contributed by atoms with E-state index in [2.05, 4.69) is 5.32 Å². The number of hydrogen-bond donors (Lipinski definition) is 5. The van der Waals surface area contributed by atoms with Gasteiger partial charge in [-0.15, -0.1) is 0 Å². The fourth-order valence-corrected chi connectivity index (χ4v) is 10.5. The molecule has 0 aromatic heterocycles. The number of Topliss-reactive ketones (excluding diaryl/α,β-unsaturated/α-hetero) is 1. The number of benzene rings is 1. The van der Waals surface area contributed by atoms with Crippen LogP contribution in [0.2, 0.25) is 0 Å². The fraction of sp³-hybridized carbons (Fsp3) is 0.698. The molecule has 1 unspecified atom stereocenters. The lowest BCUT2D eigenvalue weighted by atomic mass is 9.44. The lowest BCUT2D eigenvalue weighted by molar-refractivity contribution is -0.346. The highest BCUT2D eigenvalue weighted by Gasteiger charge is 2.78. The van der Waals surface area contributed by atoms with Crippen molar-refractivity contribution >= 4 is 29.6 Å². The molecule has 14 nitrogen and oxygen atoms in total. The number of ether oxygens (including phenoxy) is 4. The van der Waals surface area contributed by atoms with Gasteiger partial charge in [0.25, 0.3) is 0 Å². The Morgan fingerprint density at radius 3 is 2.18 bits per heavy atom. The summed E-state index contributed by atoms with van der Waals surface area (Å²) in [4.78, 5) is 69.3. The summed E-state index contributed by atoms with van der Waals surface area (Å²) in [6, 6.07) is 6.86. The maximum absolute atomic E-state index is 14.9. The van der Waals surface area contributed by atoms with Gasteiger partial charge in [-0.2, -0.15) is 0 Å². The molecule has 2 bridgehead atoms. The summed E-state index contributed by atoms with van der Waals surface area (Å²) in [7, 11) is 0. The monoisotopic (exact) mass is 797 g/mol. The first-order valence-corrected chi connectivity index (χ1v) is 20.1. The van der Waals surface area contributed by atoms with E-state index in [-0.39, 0.29) is 41.6 Å². The van der Waals surface area contributed by atoms with Gasteiger partial charge in [-0.1, -0.05) is 72.1 Å². The minimum atomic E-state index is -2.31. The summed E-state index contributed by atoms with van der Waals surface area (Å²) in [5, 5.41) is 52.0. The second-order valence-corrected chi connectivity index (χ2v) is 18.7. The Kier molecular flexibility index (Phi) is 11.4. The number of carbonyl (C=O) groups is 5. The maximum atomic E-state index is 14.9. The van der Waals surface area contributed by atoms with Crippen molar-refractivity contribution in [2.45, 2.75) is 154 Å². The Labute approximate surface area is 333 Å². The summed E-state index contributed by atoms with van der Waals surface area (Å²) >= 11 is 0. The van der Waals surface area contributed by atoms with Gasteiger partial charge in [-0.3, -0.25) is 14.4 Å². The number of rotatable bonds is 8. The van der Waals surface area contributed by atoms with Crippen LogP contribution in [0.15, 0.2) is 41.5 Å². The maximum Gasteiger partial charge on any atom is 0.338 e. The zero-order chi connectivity index (χ0) is 42.0. The summed E-state index contributed by atoms with van der Waals surface area (Å²) in [6.45, 7) is 12.3. The van der Waals surface area contributed by atoms with Gasteiger partial charge in [-0.05, 0) is 55.4 Å². The molecule has 5 aliphatic rings. The number of ketones is 1. The smallest absolute Gasteiger partial charge is 0.338 e. The number of nitrogens with one attached hydrogen (secondary N) is 1. The highest BCUT2D eigenvalue weighted by molar-refractivity contribution is 5.94. The number of aliphatic hydroxyl groups excluding tert-OH is 3. The molecule has 0 spiro atoms. The van der Waals surface area contributed by atoms with Gasteiger partial charge < -0.3 is 44.7 Å². The third-order valence-electron chi connectivity index (χ3n) is 13.9. The normalized spacial score (nSPS) is 36.2. The number of amides is 1. The Hall–Kier alpha value is -3.69. The molecule has 1 aromatic rings. The SMILES string of the molecule is CC(=O)O[C@@]12COC1C[C@H](O)[C@@]1(C)C(=O)[C@H](O)C3=C(C)[C@@H](OC(=O)[C@H](O)[C@@H](NC(=O)C4CCCCC4)C(C)(C)C)C[C@@](O)([C@@H](OC(=O)c4ccccc4)[C@@H]12)C3(C)C. The molecule has 1 saturated heterocycles. The van der Waals surface area contributed by atoms with Crippen molar-refractivity contribution in [3.63, 3.8) is 0 Å². The molecule has 1 heterocycles. The van der Waals surface area contributed by atoms with E-state index in [0.29, 0.717) is 12.8 Å². The van der Waals surface area contributed by atoms with Crippen molar-refractivity contribution < 1.29 is 63.3 Å². The minimum Gasteiger partial charge on any atom is -0.456 e. The van der Waals surface area contributed by atoms with E-state index in [1.807, 2.05) is 0 Å². The van der Waals surface area contributed by atoms with Gasteiger partial charge in [0.15, 0.2) is 17.5 Å². The number of esters is 3. The average molecular weight is 798 g/mol. The van der Waals surface area contributed by atoms with Crippen LogP contribution in [0, 0.1) is 28.1 Å². The average Bonchev–Trinajstić information content (AvgIpc) is 3.15. The van der Waals surface area contributed by atoms with Crippen molar-refractivity contribution in [1.82, 2.24) is 5.32 Å². The van der Waals surface area contributed by atoms with Crippen LogP contribution in [0.5, 0.6) is 0 Å². The molecule has 14 heteroatoms. The molecule has 1 amide bonds. The Bertz CT molecular complexity index is 1800. The second kappa shape index (κ2) is 15.2. The molecule has 3 saturated carbocycles. The van der Waals surface area contributed by atoms with Crippen LogP contribution in [0.1, 0.15) is 111 Å². The summed E-state index contributed by atoms with van der Waals surface area (Å²) in [5.41, 5.74) is -8.11. The van der Waals surface area contributed by atoms with Gasteiger partial charge in [-0.25, -0.2) is 9.59 Å². The third-order valence-corrected chi connectivity index (χ3v) is 13.9. The Morgan fingerprint density at radius 1 is 0.982 bits per heavy atom. The van der Waals surface area contributed by atoms with Gasteiger partial charge in [0.2, 0.25) is 5.91 Å². The number of hydrogen-bond acceptors (Lipinski definition) is 13. The van der Waals surface area contributed by atoms with E-state index in [1.165, 1.54) is 26.0 Å². The van der Waals surface area contributed by atoms with Crippen LogP contribution in [0.25, 0.3) is 0 Å². The molecule has 0 radical (unpaired) electrons. The van der Waals surface area contributed by atoms with Crippen molar-refractivity contribution in [2.24, 2.45) is 28.1 Å². The fourth-order valence-electron chi connectivity index (χ4n) is 10.5. The standard InChI is InChI=1S/C43H59NO13/c1-22-26(55-38(52)31(48)33(39(3,4)5)44-36(50)24-15-11-9-12-16-24)20-43(53)35(56-37(51)25-17-13-10-14-18-25)32-41(8,34(49)30(47)29(22)40(43,6)7)27(46)19-28-42(32,21-54-28)57-23(2)45/h10,13-14,17-18,24,26-28,30-33,35,46-48,53H,9,11-12,15-16,19-21H2,1-8H3,(H,44,50)/t26-,27-,28?,30+,31+,32-,33+,35-,41+,42-,43+/m0/s1. The first-order valence-electron chi connectivity index (χ1n) is 20.1. The number of aliphatic hydroxyl groups is 4. The molecule has 4 fully saturated rings. The number of fused-ring (bicyclic) bond motifs is 5. The van der Waals surface area contributed by atoms with Crippen molar-refractivity contribution in [2.75, 3.05) is 6.61 Å². The molecule has 4 aliphatic carbocycles. The Balaban J connectivity index is 1.46. The number of carbonyl (C=O) groups excluding carboxylic acids is 5.